The quantitative estimate of drug-likeness (QED) is 0.760. The van der Waals surface area contributed by atoms with Crippen molar-refractivity contribution in [3.05, 3.63) is 23.8 Å². The fourth-order valence-corrected chi connectivity index (χ4v) is 1.71. The molecule has 0 saturated carbocycles. The van der Waals surface area contributed by atoms with E-state index in [1.807, 2.05) is 20.8 Å². The lowest BCUT2D eigenvalue weighted by atomic mass is 9.83. The van der Waals surface area contributed by atoms with E-state index in [4.69, 9.17) is 0 Å². The van der Waals surface area contributed by atoms with Gasteiger partial charge in [0.05, 0.1) is 0 Å². The van der Waals surface area contributed by atoms with Crippen molar-refractivity contribution in [2.75, 3.05) is 0 Å². The van der Waals surface area contributed by atoms with Crippen molar-refractivity contribution < 1.29 is 15.0 Å². The number of aromatic hydroxyl groups is 2. The van der Waals surface area contributed by atoms with Crippen LogP contribution >= 0.6 is 0 Å². The summed E-state index contributed by atoms with van der Waals surface area (Å²) in [6.07, 6.45) is 2.92. The lowest BCUT2D eigenvalue weighted by Crippen LogP contribution is -2.23. The molecular formula is C15H22O3. The molecule has 0 aliphatic carbocycles. The highest BCUT2D eigenvalue weighted by atomic mass is 16.3. The van der Waals surface area contributed by atoms with E-state index in [0.29, 0.717) is 6.42 Å². The van der Waals surface area contributed by atoms with Gasteiger partial charge in [-0.15, -0.1) is 0 Å². The molecule has 0 saturated heterocycles. The fraction of sp³-hybridized carbons (Fsp3) is 0.533. The van der Waals surface area contributed by atoms with Crippen LogP contribution in [0.15, 0.2) is 18.2 Å². The SMILES string of the molecule is CCC(C)(C)C(=O)CCCc1ccc(O)c(O)c1. The summed E-state index contributed by atoms with van der Waals surface area (Å²) < 4.78 is 0. The molecule has 1 aromatic carbocycles. The molecule has 0 spiro atoms. The second-order valence-corrected chi connectivity index (χ2v) is 5.34. The minimum atomic E-state index is -0.239. The predicted octanol–water partition coefficient (Wildman–Crippen LogP) is 3.43. The van der Waals surface area contributed by atoms with Crippen molar-refractivity contribution in [3.63, 3.8) is 0 Å². The molecule has 100 valence electrons. The first-order chi connectivity index (χ1) is 8.36. The molecule has 0 aliphatic rings. The largest absolute Gasteiger partial charge is 0.504 e. The average molecular weight is 250 g/mol. The van der Waals surface area contributed by atoms with Crippen LogP contribution < -0.4 is 0 Å². The summed E-state index contributed by atoms with van der Waals surface area (Å²) in [6, 6.07) is 4.79. The summed E-state index contributed by atoms with van der Waals surface area (Å²) in [4.78, 5) is 11.9. The number of aryl methyl sites for hydroxylation is 1. The lowest BCUT2D eigenvalue weighted by molar-refractivity contribution is -0.127. The molecule has 0 amide bonds. The molecule has 0 unspecified atom stereocenters. The number of rotatable bonds is 6. The first kappa shape index (κ1) is 14.6. The van der Waals surface area contributed by atoms with Crippen LogP contribution in [0.25, 0.3) is 0 Å². The lowest BCUT2D eigenvalue weighted by Gasteiger charge is -2.20. The molecule has 0 fully saturated rings. The summed E-state index contributed by atoms with van der Waals surface area (Å²) in [6.45, 7) is 5.97. The first-order valence-electron chi connectivity index (χ1n) is 6.41. The van der Waals surface area contributed by atoms with Crippen LogP contribution in [-0.4, -0.2) is 16.0 Å². The maximum atomic E-state index is 11.9. The first-order valence-corrected chi connectivity index (χ1v) is 6.41. The summed E-state index contributed by atoms with van der Waals surface area (Å²) in [5.41, 5.74) is 0.698. The monoisotopic (exact) mass is 250 g/mol. The Balaban J connectivity index is 2.47. The van der Waals surface area contributed by atoms with Crippen LogP contribution in [0, 0.1) is 5.41 Å². The maximum absolute atomic E-state index is 11.9. The van der Waals surface area contributed by atoms with Gasteiger partial charge in [-0.3, -0.25) is 4.79 Å². The molecule has 0 heterocycles. The highest BCUT2D eigenvalue weighted by Gasteiger charge is 2.24. The van der Waals surface area contributed by atoms with Gasteiger partial charge < -0.3 is 10.2 Å². The zero-order chi connectivity index (χ0) is 13.8. The Labute approximate surface area is 108 Å². The van der Waals surface area contributed by atoms with Gasteiger partial charge in [-0.05, 0) is 37.0 Å². The number of ketones is 1. The minimum absolute atomic E-state index is 0.104. The van der Waals surface area contributed by atoms with Gasteiger partial charge in [-0.1, -0.05) is 26.8 Å². The number of phenolic OH excluding ortho intramolecular Hbond substituents is 2. The number of phenols is 2. The van der Waals surface area contributed by atoms with Gasteiger partial charge >= 0.3 is 0 Å². The molecule has 0 radical (unpaired) electrons. The average Bonchev–Trinajstić information content (AvgIpc) is 2.33. The smallest absolute Gasteiger partial charge is 0.157 e. The van der Waals surface area contributed by atoms with Crippen LogP contribution in [0.3, 0.4) is 0 Å². The van der Waals surface area contributed by atoms with Crippen molar-refractivity contribution in [1.82, 2.24) is 0 Å². The molecule has 1 aromatic rings. The zero-order valence-corrected chi connectivity index (χ0v) is 11.4. The topological polar surface area (TPSA) is 57.5 Å². The molecule has 0 aliphatic heterocycles. The van der Waals surface area contributed by atoms with Crippen LogP contribution in [0.4, 0.5) is 0 Å². The van der Waals surface area contributed by atoms with Crippen molar-refractivity contribution in [2.24, 2.45) is 5.41 Å². The third-order valence-electron chi connectivity index (χ3n) is 3.55. The van der Waals surface area contributed by atoms with Crippen LogP contribution in [-0.2, 0) is 11.2 Å². The van der Waals surface area contributed by atoms with Gasteiger partial charge in [-0.25, -0.2) is 0 Å². The van der Waals surface area contributed by atoms with Crippen molar-refractivity contribution in [1.29, 1.82) is 0 Å². The van der Waals surface area contributed by atoms with Gasteiger partial charge in [0.15, 0.2) is 11.5 Å². The van der Waals surface area contributed by atoms with Crippen LogP contribution in [0.1, 0.15) is 45.6 Å². The van der Waals surface area contributed by atoms with Gasteiger partial charge in [0, 0.05) is 11.8 Å². The second-order valence-electron chi connectivity index (χ2n) is 5.34. The highest BCUT2D eigenvalue weighted by molar-refractivity contribution is 5.83. The Hall–Kier alpha value is -1.51. The number of carbonyl (C=O) groups is 1. The Bertz CT molecular complexity index is 422. The van der Waals surface area contributed by atoms with Gasteiger partial charge in [0.25, 0.3) is 0 Å². The summed E-state index contributed by atoms with van der Waals surface area (Å²) in [5.74, 6) is 0.0719. The Morgan fingerprint density at radius 2 is 1.89 bits per heavy atom. The van der Waals surface area contributed by atoms with E-state index in [0.717, 1.165) is 24.8 Å². The van der Waals surface area contributed by atoms with E-state index in [-0.39, 0.29) is 22.7 Å². The summed E-state index contributed by atoms with van der Waals surface area (Å²) >= 11 is 0. The van der Waals surface area contributed by atoms with Gasteiger partial charge in [-0.2, -0.15) is 0 Å². The zero-order valence-electron chi connectivity index (χ0n) is 11.4. The third kappa shape index (κ3) is 3.76. The Morgan fingerprint density at radius 3 is 2.44 bits per heavy atom. The molecule has 3 heteroatoms. The van der Waals surface area contributed by atoms with E-state index in [1.54, 1.807) is 12.1 Å². The Morgan fingerprint density at radius 1 is 1.22 bits per heavy atom. The molecule has 0 atom stereocenters. The van der Waals surface area contributed by atoms with Crippen molar-refractivity contribution >= 4 is 5.78 Å². The fourth-order valence-electron chi connectivity index (χ4n) is 1.71. The van der Waals surface area contributed by atoms with E-state index >= 15 is 0 Å². The Kier molecular flexibility index (Phi) is 4.76. The van der Waals surface area contributed by atoms with E-state index in [1.165, 1.54) is 6.07 Å². The minimum Gasteiger partial charge on any atom is -0.504 e. The van der Waals surface area contributed by atoms with Gasteiger partial charge in [0.2, 0.25) is 0 Å². The van der Waals surface area contributed by atoms with Crippen LogP contribution in [0.2, 0.25) is 0 Å². The number of hydrogen-bond donors (Lipinski definition) is 2. The van der Waals surface area contributed by atoms with Crippen LogP contribution in [0.5, 0.6) is 11.5 Å². The second kappa shape index (κ2) is 5.89. The maximum Gasteiger partial charge on any atom is 0.157 e. The molecule has 0 bridgehead atoms. The third-order valence-corrected chi connectivity index (χ3v) is 3.55. The molecule has 18 heavy (non-hydrogen) atoms. The molecule has 2 N–H and O–H groups in total. The summed E-state index contributed by atoms with van der Waals surface area (Å²) in [7, 11) is 0. The normalized spacial score (nSPS) is 11.5. The van der Waals surface area contributed by atoms with E-state index in [9.17, 15) is 15.0 Å². The van der Waals surface area contributed by atoms with Crippen molar-refractivity contribution in [2.45, 2.75) is 46.5 Å². The predicted molar refractivity (Wildman–Crippen MR) is 71.8 cm³/mol. The molecule has 0 aromatic heterocycles. The van der Waals surface area contributed by atoms with E-state index < -0.39 is 0 Å². The standard InChI is InChI=1S/C15H22O3/c1-4-15(2,3)14(18)7-5-6-11-8-9-12(16)13(17)10-11/h8-10,16-17H,4-7H2,1-3H3. The van der Waals surface area contributed by atoms with Crippen molar-refractivity contribution in [3.8, 4) is 11.5 Å². The van der Waals surface area contributed by atoms with E-state index in [2.05, 4.69) is 0 Å². The highest BCUT2D eigenvalue weighted by Crippen LogP contribution is 2.27. The number of hydrogen-bond acceptors (Lipinski definition) is 3. The summed E-state index contributed by atoms with van der Waals surface area (Å²) in [5, 5.41) is 18.6. The molecule has 1 rings (SSSR count). The number of benzene rings is 1. The van der Waals surface area contributed by atoms with Gasteiger partial charge in [0.1, 0.15) is 5.78 Å². The number of Topliss-reactive ketones (excluding diaryl/α,β-unsaturated/α-hetero) is 1. The molecule has 3 nitrogen and oxygen atoms in total. The number of carbonyl (C=O) groups excluding carboxylic acids is 1. The molecular weight excluding hydrogens is 228 g/mol.